The molecule has 1 aromatic carbocycles. The SMILES string of the molecule is CC(C)(C)OC(=O)N1C[C@@H]2C[C@@H]2[C@H]1C(=O)NCc1cc(-c2cnc(C(F)(F)F)nc2)ccc1C(N)=O. The fourth-order valence-electron chi connectivity index (χ4n) is 4.38. The van der Waals surface area contributed by atoms with E-state index in [9.17, 15) is 27.6 Å². The minimum Gasteiger partial charge on any atom is -0.444 e. The number of nitrogens with zero attached hydrogens (tertiary/aromatic N) is 3. The number of hydrogen-bond acceptors (Lipinski definition) is 6. The third kappa shape index (κ3) is 5.42. The molecule has 9 nitrogen and oxygen atoms in total. The molecular weight excluding hydrogens is 479 g/mol. The monoisotopic (exact) mass is 505 g/mol. The van der Waals surface area contributed by atoms with Crippen molar-refractivity contribution in [3.8, 4) is 11.1 Å². The number of primary amides is 1. The summed E-state index contributed by atoms with van der Waals surface area (Å²) in [5.41, 5.74) is 6.01. The number of likely N-dealkylation sites (tertiary alicyclic amines) is 1. The number of aromatic nitrogens is 2. The van der Waals surface area contributed by atoms with Crippen LogP contribution in [0.1, 0.15) is 48.9 Å². The van der Waals surface area contributed by atoms with Crippen molar-refractivity contribution < 1.29 is 32.3 Å². The Morgan fingerprint density at radius 2 is 1.81 bits per heavy atom. The molecule has 3 atom stereocenters. The number of halogens is 3. The fourth-order valence-corrected chi connectivity index (χ4v) is 4.38. The van der Waals surface area contributed by atoms with Crippen molar-refractivity contribution >= 4 is 17.9 Å². The highest BCUT2D eigenvalue weighted by molar-refractivity contribution is 5.95. The Balaban J connectivity index is 1.51. The van der Waals surface area contributed by atoms with E-state index in [0.29, 0.717) is 23.2 Å². The summed E-state index contributed by atoms with van der Waals surface area (Å²) >= 11 is 0. The van der Waals surface area contributed by atoms with Gasteiger partial charge < -0.3 is 15.8 Å². The molecule has 1 aromatic heterocycles. The van der Waals surface area contributed by atoms with Crippen LogP contribution in [0, 0.1) is 11.8 Å². The molecule has 2 heterocycles. The predicted molar refractivity (Wildman–Crippen MR) is 121 cm³/mol. The van der Waals surface area contributed by atoms with E-state index in [1.165, 1.54) is 23.1 Å². The Morgan fingerprint density at radius 3 is 2.39 bits per heavy atom. The van der Waals surface area contributed by atoms with Gasteiger partial charge in [0.2, 0.25) is 17.6 Å². The van der Waals surface area contributed by atoms with Gasteiger partial charge in [-0.15, -0.1) is 0 Å². The van der Waals surface area contributed by atoms with Gasteiger partial charge in [-0.3, -0.25) is 14.5 Å². The van der Waals surface area contributed by atoms with Crippen LogP contribution in [-0.4, -0.2) is 51.0 Å². The van der Waals surface area contributed by atoms with Crippen LogP contribution in [0.4, 0.5) is 18.0 Å². The number of benzene rings is 1. The summed E-state index contributed by atoms with van der Waals surface area (Å²) in [4.78, 5) is 45.8. The van der Waals surface area contributed by atoms with Crippen molar-refractivity contribution in [1.29, 1.82) is 0 Å². The minimum absolute atomic E-state index is 0.0451. The van der Waals surface area contributed by atoms with E-state index in [-0.39, 0.29) is 29.9 Å². The number of ether oxygens (including phenoxy) is 1. The van der Waals surface area contributed by atoms with E-state index >= 15 is 0 Å². The van der Waals surface area contributed by atoms with Crippen molar-refractivity contribution in [3.05, 3.63) is 47.5 Å². The number of rotatable bonds is 5. The fraction of sp³-hybridized carbons (Fsp3) is 0.458. The average Bonchev–Trinajstić information content (AvgIpc) is 3.44. The lowest BCUT2D eigenvalue weighted by atomic mass is 10.00. The number of hydrogen-bond donors (Lipinski definition) is 2. The number of carbonyl (C=O) groups is 3. The van der Waals surface area contributed by atoms with E-state index in [4.69, 9.17) is 10.5 Å². The maximum absolute atomic E-state index is 13.1. The van der Waals surface area contributed by atoms with Crippen LogP contribution in [0.3, 0.4) is 0 Å². The summed E-state index contributed by atoms with van der Waals surface area (Å²) in [5.74, 6) is -2.09. The molecule has 1 aliphatic carbocycles. The van der Waals surface area contributed by atoms with Crippen LogP contribution in [0.2, 0.25) is 0 Å². The van der Waals surface area contributed by atoms with Gasteiger partial charge in [-0.25, -0.2) is 14.8 Å². The number of nitrogens with one attached hydrogen (secondary N) is 1. The van der Waals surface area contributed by atoms with E-state index in [2.05, 4.69) is 15.3 Å². The van der Waals surface area contributed by atoms with Crippen molar-refractivity contribution in [3.63, 3.8) is 0 Å². The van der Waals surface area contributed by atoms with Gasteiger partial charge in [0, 0.05) is 36.6 Å². The molecule has 0 radical (unpaired) electrons. The van der Waals surface area contributed by atoms with E-state index < -0.39 is 35.6 Å². The van der Waals surface area contributed by atoms with Gasteiger partial charge in [-0.1, -0.05) is 6.07 Å². The molecule has 12 heteroatoms. The molecule has 3 amide bonds. The molecule has 2 aromatic rings. The van der Waals surface area contributed by atoms with Gasteiger partial charge in [0.05, 0.1) is 0 Å². The largest absolute Gasteiger partial charge is 0.451 e. The molecule has 0 unspecified atom stereocenters. The average molecular weight is 505 g/mol. The van der Waals surface area contributed by atoms with Crippen molar-refractivity contribution in [1.82, 2.24) is 20.2 Å². The van der Waals surface area contributed by atoms with Gasteiger partial charge in [0.1, 0.15) is 11.6 Å². The summed E-state index contributed by atoms with van der Waals surface area (Å²) in [6.45, 7) is 5.60. The Morgan fingerprint density at radius 1 is 1.14 bits per heavy atom. The number of piperidine rings is 1. The Labute approximate surface area is 205 Å². The molecule has 2 fully saturated rings. The summed E-state index contributed by atoms with van der Waals surface area (Å²) in [7, 11) is 0. The maximum atomic E-state index is 13.1. The first kappa shape index (κ1) is 25.4. The van der Waals surface area contributed by atoms with Crippen LogP contribution in [0.15, 0.2) is 30.6 Å². The first-order valence-corrected chi connectivity index (χ1v) is 11.3. The molecule has 0 spiro atoms. The maximum Gasteiger partial charge on any atom is 0.451 e. The lowest BCUT2D eigenvalue weighted by molar-refractivity contribution is -0.145. The lowest BCUT2D eigenvalue weighted by Crippen LogP contribution is -2.49. The van der Waals surface area contributed by atoms with Gasteiger partial charge in [-0.05, 0) is 62.3 Å². The van der Waals surface area contributed by atoms with Crippen LogP contribution >= 0.6 is 0 Å². The Hall–Kier alpha value is -3.70. The number of nitrogens with two attached hydrogens (primary N) is 1. The van der Waals surface area contributed by atoms with Gasteiger partial charge in [0.25, 0.3) is 0 Å². The molecular formula is C24H26F3N5O4. The third-order valence-corrected chi connectivity index (χ3v) is 6.11. The first-order valence-electron chi connectivity index (χ1n) is 11.3. The molecule has 4 rings (SSSR count). The summed E-state index contributed by atoms with van der Waals surface area (Å²) in [6, 6.07) is 3.78. The van der Waals surface area contributed by atoms with Gasteiger partial charge >= 0.3 is 12.3 Å². The zero-order chi connectivity index (χ0) is 26.4. The zero-order valence-electron chi connectivity index (χ0n) is 19.9. The first-order chi connectivity index (χ1) is 16.7. The summed E-state index contributed by atoms with van der Waals surface area (Å²) in [6.07, 6.45) is -2.33. The van der Waals surface area contributed by atoms with E-state index in [1.54, 1.807) is 20.8 Å². The molecule has 1 saturated heterocycles. The van der Waals surface area contributed by atoms with Gasteiger partial charge in [0.15, 0.2) is 0 Å². The second-order valence-corrected chi connectivity index (χ2v) is 9.98. The summed E-state index contributed by atoms with van der Waals surface area (Å²) < 4.78 is 43.8. The quantitative estimate of drug-likeness (QED) is 0.643. The second kappa shape index (κ2) is 9.07. The molecule has 3 N–H and O–H groups in total. The second-order valence-electron chi connectivity index (χ2n) is 9.98. The highest BCUT2D eigenvalue weighted by Gasteiger charge is 2.57. The highest BCUT2D eigenvalue weighted by atomic mass is 19.4. The molecule has 36 heavy (non-hydrogen) atoms. The topological polar surface area (TPSA) is 128 Å². The normalized spacial score (nSPS) is 21.1. The lowest BCUT2D eigenvalue weighted by Gasteiger charge is -2.29. The number of fused-ring (bicyclic) bond motifs is 1. The highest BCUT2D eigenvalue weighted by Crippen LogP contribution is 2.50. The van der Waals surface area contributed by atoms with E-state index in [0.717, 1.165) is 18.8 Å². The summed E-state index contributed by atoms with van der Waals surface area (Å²) in [5, 5.41) is 2.77. The molecule has 0 bridgehead atoms. The zero-order valence-corrected chi connectivity index (χ0v) is 19.9. The standard InChI is InChI=1S/C24H26F3N5O4/c1-23(2,3)36-22(35)32-11-14-7-17(14)18(32)20(34)29-8-13-6-12(4-5-16(13)19(28)33)15-9-30-21(31-10-15)24(25,26)27/h4-6,9-10,14,17-18H,7-8,11H2,1-3H3,(H2,28,33)(H,29,34)/t14-,17-,18-/m0/s1. The van der Waals surface area contributed by atoms with Crippen LogP contribution < -0.4 is 11.1 Å². The minimum atomic E-state index is -4.67. The van der Waals surface area contributed by atoms with Crippen molar-refractivity contribution in [2.75, 3.05) is 6.54 Å². The van der Waals surface area contributed by atoms with Crippen molar-refractivity contribution in [2.45, 2.75) is 51.6 Å². The molecule has 192 valence electrons. The number of alkyl halides is 3. The van der Waals surface area contributed by atoms with Gasteiger partial charge in [-0.2, -0.15) is 13.2 Å². The molecule has 1 saturated carbocycles. The Kier molecular flexibility index (Phi) is 6.40. The molecule has 2 aliphatic rings. The predicted octanol–water partition coefficient (Wildman–Crippen LogP) is 3.13. The van der Waals surface area contributed by atoms with Crippen LogP contribution in [0.25, 0.3) is 11.1 Å². The number of amides is 3. The number of carbonyl (C=O) groups excluding carboxylic acids is 3. The Bertz CT molecular complexity index is 1190. The van der Waals surface area contributed by atoms with E-state index in [1.807, 2.05) is 0 Å². The smallest absolute Gasteiger partial charge is 0.444 e. The van der Waals surface area contributed by atoms with Crippen LogP contribution in [0.5, 0.6) is 0 Å². The van der Waals surface area contributed by atoms with Crippen molar-refractivity contribution in [2.24, 2.45) is 17.6 Å². The van der Waals surface area contributed by atoms with Crippen LogP contribution in [-0.2, 0) is 22.3 Å². The molecule has 1 aliphatic heterocycles. The third-order valence-electron chi connectivity index (χ3n) is 6.11.